The average molecular weight is 375 g/mol. The van der Waals surface area contributed by atoms with Crippen molar-refractivity contribution in [2.24, 2.45) is 0 Å². The summed E-state index contributed by atoms with van der Waals surface area (Å²) >= 11 is 0. The fraction of sp³-hybridized carbons (Fsp3) is 0.409. The Hall–Kier alpha value is -2.89. The van der Waals surface area contributed by atoms with Crippen molar-refractivity contribution in [1.82, 2.24) is 19.7 Å². The van der Waals surface area contributed by atoms with Gasteiger partial charge in [-0.05, 0) is 55.2 Å². The summed E-state index contributed by atoms with van der Waals surface area (Å²) < 4.78 is 2.09. The third kappa shape index (κ3) is 3.35. The number of rotatable bonds is 5. The van der Waals surface area contributed by atoms with E-state index in [4.69, 9.17) is 0 Å². The molecule has 1 atom stereocenters. The molecule has 5 rings (SSSR count). The minimum Gasteiger partial charge on any atom is -0.349 e. The van der Waals surface area contributed by atoms with Gasteiger partial charge in [-0.25, -0.2) is 4.98 Å². The summed E-state index contributed by atoms with van der Waals surface area (Å²) in [6.07, 6.45) is 9.52. The number of benzene rings is 1. The molecule has 2 aliphatic carbocycles. The Kier molecular flexibility index (Phi) is 4.47. The molecule has 6 heteroatoms. The van der Waals surface area contributed by atoms with Crippen molar-refractivity contribution < 1.29 is 0 Å². The Morgan fingerprint density at radius 1 is 1.14 bits per heavy atom. The lowest BCUT2D eigenvalue weighted by Crippen LogP contribution is -2.18. The van der Waals surface area contributed by atoms with Gasteiger partial charge >= 0.3 is 0 Å². The molecular formula is C22H25N5O. The number of H-pyrrole nitrogens is 1. The maximum absolute atomic E-state index is 12.2. The minimum absolute atomic E-state index is 0.110. The molecule has 0 aliphatic heterocycles. The number of aromatic nitrogens is 4. The van der Waals surface area contributed by atoms with Crippen LogP contribution in [0, 0.1) is 0 Å². The van der Waals surface area contributed by atoms with Crippen molar-refractivity contribution in [2.45, 2.75) is 57.5 Å². The van der Waals surface area contributed by atoms with Crippen molar-refractivity contribution in [2.75, 3.05) is 5.32 Å². The first kappa shape index (κ1) is 17.2. The first-order valence-electron chi connectivity index (χ1n) is 10.2. The molecule has 6 nitrogen and oxygen atoms in total. The summed E-state index contributed by atoms with van der Waals surface area (Å²) in [4.78, 5) is 19.7. The number of nitrogens with one attached hydrogen (secondary N) is 2. The van der Waals surface area contributed by atoms with E-state index in [-0.39, 0.29) is 11.6 Å². The lowest BCUT2D eigenvalue weighted by atomic mass is 9.98. The van der Waals surface area contributed by atoms with Crippen molar-refractivity contribution >= 4 is 5.95 Å². The maximum Gasteiger partial charge on any atom is 0.252 e. The van der Waals surface area contributed by atoms with Crippen molar-refractivity contribution in [3.8, 4) is 0 Å². The number of hydrogen-bond acceptors (Lipinski definition) is 4. The van der Waals surface area contributed by atoms with E-state index in [1.54, 1.807) is 6.07 Å². The van der Waals surface area contributed by atoms with Crippen molar-refractivity contribution in [3.05, 3.63) is 75.0 Å². The molecule has 1 unspecified atom stereocenters. The van der Waals surface area contributed by atoms with E-state index in [1.807, 2.05) is 6.20 Å². The van der Waals surface area contributed by atoms with Gasteiger partial charge in [0, 0.05) is 24.7 Å². The largest absolute Gasteiger partial charge is 0.349 e. The summed E-state index contributed by atoms with van der Waals surface area (Å²) in [5, 5.41) is 7.99. The third-order valence-corrected chi connectivity index (χ3v) is 5.96. The predicted octanol–water partition coefficient (Wildman–Crippen LogP) is 3.19. The molecule has 1 aromatic carbocycles. The number of aryl methyl sites for hydroxylation is 4. The van der Waals surface area contributed by atoms with Crippen LogP contribution < -0.4 is 10.9 Å². The number of fused-ring (bicyclic) bond motifs is 2. The van der Waals surface area contributed by atoms with Gasteiger partial charge in [0.2, 0.25) is 5.95 Å². The van der Waals surface area contributed by atoms with E-state index in [0.29, 0.717) is 12.4 Å². The first-order valence-corrected chi connectivity index (χ1v) is 10.2. The molecular weight excluding hydrogens is 350 g/mol. The molecule has 144 valence electrons. The fourth-order valence-corrected chi connectivity index (χ4v) is 4.55. The highest BCUT2D eigenvalue weighted by Gasteiger charge is 2.22. The van der Waals surface area contributed by atoms with E-state index in [9.17, 15) is 4.79 Å². The van der Waals surface area contributed by atoms with Crippen molar-refractivity contribution in [3.63, 3.8) is 0 Å². The van der Waals surface area contributed by atoms with E-state index < -0.39 is 0 Å². The van der Waals surface area contributed by atoms with Crippen LogP contribution in [0.4, 0.5) is 5.95 Å². The lowest BCUT2D eigenvalue weighted by Gasteiger charge is -2.15. The number of anilines is 1. The van der Waals surface area contributed by atoms with Crippen LogP contribution in [-0.4, -0.2) is 19.7 Å². The smallest absolute Gasteiger partial charge is 0.252 e. The van der Waals surface area contributed by atoms with Gasteiger partial charge in [0.15, 0.2) is 0 Å². The summed E-state index contributed by atoms with van der Waals surface area (Å²) in [6.45, 7) is 0.761. The second-order valence-electron chi connectivity index (χ2n) is 7.82. The van der Waals surface area contributed by atoms with Gasteiger partial charge in [-0.15, -0.1) is 0 Å². The molecule has 3 aromatic rings. The average Bonchev–Trinajstić information content (AvgIpc) is 3.31. The first-order chi connectivity index (χ1) is 13.8. The summed E-state index contributed by atoms with van der Waals surface area (Å²) in [7, 11) is 0. The number of aromatic amines is 1. The molecule has 28 heavy (non-hydrogen) atoms. The van der Waals surface area contributed by atoms with Crippen LogP contribution in [0.25, 0.3) is 0 Å². The molecule has 2 N–H and O–H groups in total. The molecule has 0 saturated heterocycles. The third-order valence-electron chi connectivity index (χ3n) is 5.96. The Balaban J connectivity index is 1.31. The van der Waals surface area contributed by atoms with Crippen LogP contribution in [0.5, 0.6) is 0 Å². The Morgan fingerprint density at radius 3 is 3.00 bits per heavy atom. The summed E-state index contributed by atoms with van der Waals surface area (Å²) in [5.74, 6) is 0.562. The maximum atomic E-state index is 12.2. The van der Waals surface area contributed by atoms with E-state index in [0.717, 1.165) is 37.9 Å². The molecule has 2 heterocycles. The van der Waals surface area contributed by atoms with E-state index in [2.05, 4.69) is 49.3 Å². The quantitative estimate of drug-likeness (QED) is 0.718. The van der Waals surface area contributed by atoms with E-state index >= 15 is 0 Å². The molecule has 2 aliphatic rings. The van der Waals surface area contributed by atoms with Gasteiger partial charge in [0.1, 0.15) is 0 Å². The Bertz CT molecular complexity index is 1050. The number of hydrogen-bond donors (Lipinski definition) is 2. The highest BCUT2D eigenvalue weighted by Crippen LogP contribution is 2.32. The van der Waals surface area contributed by atoms with Gasteiger partial charge in [-0.1, -0.05) is 24.3 Å². The minimum atomic E-state index is -0.110. The highest BCUT2D eigenvalue weighted by atomic mass is 16.1. The molecule has 0 radical (unpaired) electrons. The van der Waals surface area contributed by atoms with Crippen LogP contribution in [-0.2, 0) is 32.2 Å². The van der Waals surface area contributed by atoms with Gasteiger partial charge < -0.3 is 5.32 Å². The van der Waals surface area contributed by atoms with Gasteiger partial charge in [-0.3, -0.25) is 14.5 Å². The van der Waals surface area contributed by atoms with E-state index in [1.165, 1.54) is 35.2 Å². The second kappa shape index (κ2) is 7.26. The van der Waals surface area contributed by atoms with Gasteiger partial charge in [-0.2, -0.15) is 5.10 Å². The summed E-state index contributed by atoms with van der Waals surface area (Å²) in [6, 6.07) is 10.3. The fourth-order valence-electron chi connectivity index (χ4n) is 4.55. The molecule has 0 fully saturated rings. The van der Waals surface area contributed by atoms with Crippen LogP contribution in [0.15, 0.2) is 41.3 Å². The molecule has 2 aromatic heterocycles. The Labute approximate surface area is 164 Å². The second-order valence-corrected chi connectivity index (χ2v) is 7.82. The molecule has 0 bridgehead atoms. The Morgan fingerprint density at radius 2 is 2.04 bits per heavy atom. The predicted molar refractivity (Wildman–Crippen MR) is 109 cm³/mol. The normalized spacial score (nSPS) is 17.9. The van der Waals surface area contributed by atoms with Gasteiger partial charge in [0.05, 0.1) is 17.9 Å². The standard InChI is InChI=1S/C22H25N5O/c28-21-13-17(11-12-27-20-8-4-2-6-16(20)14-23-27)24-22(26-21)25-19-10-9-15-5-1-3-7-18(15)19/h1,3,5,7,13-14,19H,2,4,6,8-12H2,(H2,24,25,26,28). The molecule has 0 amide bonds. The van der Waals surface area contributed by atoms with Gasteiger partial charge in [0.25, 0.3) is 5.56 Å². The lowest BCUT2D eigenvalue weighted by molar-refractivity contribution is 0.553. The SMILES string of the molecule is O=c1cc(CCn2ncc3c2CCCC3)nc(NC2CCc3ccccc32)[nH]1. The zero-order valence-corrected chi connectivity index (χ0v) is 15.9. The summed E-state index contributed by atoms with van der Waals surface area (Å²) in [5.41, 5.74) is 6.11. The van der Waals surface area contributed by atoms with Crippen LogP contribution in [0.1, 0.15) is 53.4 Å². The zero-order valence-electron chi connectivity index (χ0n) is 15.9. The molecule has 0 spiro atoms. The highest BCUT2D eigenvalue weighted by molar-refractivity contribution is 5.40. The number of nitrogens with zero attached hydrogens (tertiary/aromatic N) is 3. The van der Waals surface area contributed by atoms with Crippen molar-refractivity contribution in [1.29, 1.82) is 0 Å². The topological polar surface area (TPSA) is 75.6 Å². The van der Waals surface area contributed by atoms with Crippen LogP contribution in [0.2, 0.25) is 0 Å². The van der Waals surface area contributed by atoms with Crippen LogP contribution in [0.3, 0.4) is 0 Å². The molecule has 0 saturated carbocycles. The zero-order chi connectivity index (χ0) is 18.9. The van der Waals surface area contributed by atoms with Crippen LogP contribution >= 0.6 is 0 Å². The monoisotopic (exact) mass is 375 g/mol.